The van der Waals surface area contributed by atoms with Crippen molar-refractivity contribution in [1.29, 1.82) is 0 Å². The minimum atomic E-state index is -0.267. The predicted molar refractivity (Wildman–Crippen MR) is 102 cm³/mol. The highest BCUT2D eigenvalue weighted by Gasteiger charge is 2.42. The van der Waals surface area contributed by atoms with E-state index < -0.39 is 0 Å². The van der Waals surface area contributed by atoms with Gasteiger partial charge in [-0.3, -0.25) is 19.5 Å². The number of rotatable bonds is 4. The number of aromatic amines is 2. The number of hydrogen-bond donors (Lipinski definition) is 2. The van der Waals surface area contributed by atoms with Crippen molar-refractivity contribution < 1.29 is 14.3 Å². The number of ether oxygens (including phenoxy) is 1. The average molecular weight is 384 g/mol. The van der Waals surface area contributed by atoms with Gasteiger partial charge in [0.1, 0.15) is 0 Å². The molecule has 28 heavy (non-hydrogen) atoms. The Morgan fingerprint density at radius 2 is 1.96 bits per heavy atom. The maximum atomic E-state index is 12.8. The van der Waals surface area contributed by atoms with Crippen molar-refractivity contribution in [2.24, 2.45) is 0 Å². The van der Waals surface area contributed by atoms with Gasteiger partial charge in [-0.1, -0.05) is 30.3 Å². The molecular formula is C20H24N4O4. The molecule has 3 heterocycles. The van der Waals surface area contributed by atoms with Gasteiger partial charge in [-0.25, -0.2) is 0 Å². The number of nitrogens with zero attached hydrogens (tertiary/aromatic N) is 2. The Labute approximate surface area is 162 Å². The van der Waals surface area contributed by atoms with E-state index >= 15 is 0 Å². The maximum absolute atomic E-state index is 12.8. The maximum Gasteiger partial charge on any atom is 0.267 e. The minimum absolute atomic E-state index is 0.0384. The lowest BCUT2D eigenvalue weighted by Gasteiger charge is -2.29. The summed E-state index contributed by atoms with van der Waals surface area (Å²) in [6, 6.07) is 9.66. The van der Waals surface area contributed by atoms with Crippen LogP contribution in [0.4, 0.5) is 0 Å². The zero-order valence-corrected chi connectivity index (χ0v) is 15.8. The molecule has 148 valence electrons. The number of carbonyl (C=O) groups excluding carboxylic acids is 2. The first-order chi connectivity index (χ1) is 13.5. The highest BCUT2D eigenvalue weighted by Crippen LogP contribution is 2.25. The standard InChI is InChI=1S/C20H24N4O4/c1-13-15(20(27)22-21-13)9-19(26)23-11-16-17(12-23)28-8-7-18(25)24(16)10-14-5-3-2-4-6-14/h2-6,16-17H,7-12H2,1H3,(H2,21,22,27)/t16-,17-/m0/s1. The number of nitrogens with one attached hydrogen (secondary N) is 2. The molecular weight excluding hydrogens is 360 g/mol. The number of carbonyl (C=O) groups is 2. The highest BCUT2D eigenvalue weighted by molar-refractivity contribution is 5.80. The molecule has 2 aliphatic rings. The third-order valence-corrected chi connectivity index (χ3v) is 5.57. The second-order valence-corrected chi connectivity index (χ2v) is 7.39. The van der Waals surface area contributed by atoms with E-state index in [4.69, 9.17) is 4.74 Å². The van der Waals surface area contributed by atoms with E-state index in [1.165, 1.54) is 0 Å². The lowest BCUT2D eigenvalue weighted by atomic mass is 10.1. The summed E-state index contributed by atoms with van der Waals surface area (Å²) in [5.74, 6) is -0.0828. The lowest BCUT2D eigenvalue weighted by Crippen LogP contribution is -2.45. The Kier molecular flexibility index (Phi) is 5.04. The Balaban J connectivity index is 1.50. The summed E-state index contributed by atoms with van der Waals surface area (Å²) in [6.45, 7) is 3.48. The summed E-state index contributed by atoms with van der Waals surface area (Å²) in [5, 5.41) is 5.25. The normalized spacial score (nSPS) is 22.2. The number of likely N-dealkylation sites (tertiary alicyclic amines) is 1. The zero-order chi connectivity index (χ0) is 19.7. The van der Waals surface area contributed by atoms with Crippen molar-refractivity contribution in [2.75, 3.05) is 19.7 Å². The van der Waals surface area contributed by atoms with Crippen LogP contribution >= 0.6 is 0 Å². The first kappa shape index (κ1) is 18.5. The van der Waals surface area contributed by atoms with Crippen LogP contribution in [0.25, 0.3) is 0 Å². The van der Waals surface area contributed by atoms with Crippen LogP contribution in [0.15, 0.2) is 35.1 Å². The third kappa shape index (κ3) is 3.60. The van der Waals surface area contributed by atoms with E-state index in [2.05, 4.69) is 10.2 Å². The molecule has 8 heteroatoms. The zero-order valence-electron chi connectivity index (χ0n) is 15.8. The van der Waals surface area contributed by atoms with E-state index in [1.807, 2.05) is 35.2 Å². The quantitative estimate of drug-likeness (QED) is 0.806. The molecule has 0 unspecified atom stereocenters. The Morgan fingerprint density at radius 1 is 1.18 bits per heavy atom. The SMILES string of the molecule is Cc1[nH][nH]c(=O)c1CC(=O)N1C[C@@H]2OCCC(=O)N(Cc3ccccc3)[C@H]2C1. The number of benzene rings is 1. The summed E-state index contributed by atoms with van der Waals surface area (Å²) < 4.78 is 5.90. The molecule has 0 spiro atoms. The van der Waals surface area contributed by atoms with Crippen LogP contribution < -0.4 is 5.56 Å². The van der Waals surface area contributed by atoms with Crippen molar-refractivity contribution >= 4 is 11.8 Å². The van der Waals surface area contributed by atoms with Crippen molar-refractivity contribution in [3.63, 3.8) is 0 Å². The van der Waals surface area contributed by atoms with E-state index in [0.29, 0.717) is 43.9 Å². The van der Waals surface area contributed by atoms with Gasteiger partial charge < -0.3 is 19.6 Å². The van der Waals surface area contributed by atoms with Crippen molar-refractivity contribution in [1.82, 2.24) is 20.0 Å². The molecule has 0 radical (unpaired) electrons. The van der Waals surface area contributed by atoms with Crippen molar-refractivity contribution in [2.45, 2.75) is 38.5 Å². The molecule has 4 rings (SSSR count). The van der Waals surface area contributed by atoms with Crippen LogP contribution in [-0.4, -0.2) is 63.7 Å². The molecule has 8 nitrogen and oxygen atoms in total. The highest BCUT2D eigenvalue weighted by atomic mass is 16.5. The second kappa shape index (κ2) is 7.63. The molecule has 2 atom stereocenters. The molecule has 0 aliphatic carbocycles. The Bertz CT molecular complexity index is 920. The van der Waals surface area contributed by atoms with E-state index in [-0.39, 0.29) is 35.9 Å². The second-order valence-electron chi connectivity index (χ2n) is 7.39. The van der Waals surface area contributed by atoms with E-state index in [9.17, 15) is 14.4 Å². The molecule has 2 amide bonds. The predicted octanol–water partition coefficient (Wildman–Crippen LogP) is 0.582. The first-order valence-corrected chi connectivity index (χ1v) is 9.52. The number of hydrogen-bond acceptors (Lipinski definition) is 4. The van der Waals surface area contributed by atoms with Gasteiger partial charge in [-0.15, -0.1) is 0 Å². The summed E-state index contributed by atoms with van der Waals surface area (Å²) in [7, 11) is 0. The minimum Gasteiger partial charge on any atom is -0.374 e. The topological polar surface area (TPSA) is 98.5 Å². The van der Waals surface area contributed by atoms with Crippen LogP contribution in [0.1, 0.15) is 23.2 Å². The van der Waals surface area contributed by atoms with Crippen molar-refractivity contribution in [3.8, 4) is 0 Å². The van der Waals surface area contributed by atoms with Crippen LogP contribution in [0.2, 0.25) is 0 Å². The smallest absolute Gasteiger partial charge is 0.267 e. The third-order valence-electron chi connectivity index (χ3n) is 5.57. The van der Waals surface area contributed by atoms with Gasteiger partial charge in [-0.2, -0.15) is 0 Å². The summed E-state index contributed by atoms with van der Waals surface area (Å²) >= 11 is 0. The molecule has 2 N–H and O–H groups in total. The largest absolute Gasteiger partial charge is 0.374 e. The molecule has 0 bridgehead atoms. The molecule has 2 fully saturated rings. The molecule has 2 saturated heterocycles. The van der Waals surface area contributed by atoms with Gasteiger partial charge in [-0.05, 0) is 12.5 Å². The van der Waals surface area contributed by atoms with Gasteiger partial charge in [0.05, 0.1) is 31.6 Å². The fourth-order valence-electron chi connectivity index (χ4n) is 3.98. The van der Waals surface area contributed by atoms with Crippen LogP contribution in [0.5, 0.6) is 0 Å². The molecule has 2 aliphatic heterocycles. The van der Waals surface area contributed by atoms with Gasteiger partial charge in [0.2, 0.25) is 11.8 Å². The van der Waals surface area contributed by atoms with Gasteiger partial charge in [0.15, 0.2) is 0 Å². The first-order valence-electron chi connectivity index (χ1n) is 9.52. The Hall–Kier alpha value is -2.87. The molecule has 0 saturated carbocycles. The van der Waals surface area contributed by atoms with E-state index in [0.717, 1.165) is 5.56 Å². The van der Waals surface area contributed by atoms with Crippen LogP contribution in [0.3, 0.4) is 0 Å². The van der Waals surface area contributed by atoms with Gasteiger partial charge in [0, 0.05) is 30.9 Å². The number of aromatic nitrogens is 2. The van der Waals surface area contributed by atoms with Gasteiger partial charge in [0.25, 0.3) is 5.56 Å². The average Bonchev–Trinajstić information content (AvgIpc) is 3.21. The number of fused-ring (bicyclic) bond motifs is 1. The van der Waals surface area contributed by atoms with Crippen LogP contribution in [0, 0.1) is 6.92 Å². The number of H-pyrrole nitrogens is 2. The summed E-state index contributed by atoms with van der Waals surface area (Å²) in [5.41, 5.74) is 1.91. The van der Waals surface area contributed by atoms with E-state index in [1.54, 1.807) is 11.8 Å². The number of aryl methyl sites for hydroxylation is 1. The fraction of sp³-hybridized carbons (Fsp3) is 0.450. The lowest BCUT2D eigenvalue weighted by molar-refractivity contribution is -0.135. The monoisotopic (exact) mass is 384 g/mol. The fourth-order valence-corrected chi connectivity index (χ4v) is 3.98. The summed E-state index contributed by atoms with van der Waals surface area (Å²) in [4.78, 5) is 40.9. The summed E-state index contributed by atoms with van der Waals surface area (Å²) in [6.07, 6.45) is 0.187. The molecule has 2 aromatic rings. The van der Waals surface area contributed by atoms with Gasteiger partial charge >= 0.3 is 0 Å². The van der Waals surface area contributed by atoms with Crippen LogP contribution in [-0.2, 0) is 27.3 Å². The van der Waals surface area contributed by atoms with Crippen molar-refractivity contribution in [3.05, 3.63) is 57.5 Å². The number of amides is 2. The Morgan fingerprint density at radius 3 is 2.68 bits per heavy atom. The molecule has 1 aromatic heterocycles. The molecule has 1 aromatic carbocycles.